The van der Waals surface area contributed by atoms with Gasteiger partial charge in [0.15, 0.2) is 5.76 Å². The third-order valence-electron chi connectivity index (χ3n) is 4.33. The van der Waals surface area contributed by atoms with Crippen LogP contribution in [0.1, 0.15) is 32.1 Å². The summed E-state index contributed by atoms with van der Waals surface area (Å²) in [6.45, 7) is 3.14. The summed E-state index contributed by atoms with van der Waals surface area (Å²) < 4.78 is 11.3. The molecule has 108 valence electrons. The molecule has 4 rings (SSSR count). The highest BCUT2D eigenvalue weighted by atomic mass is 16.5. The van der Waals surface area contributed by atoms with Crippen molar-refractivity contribution in [2.75, 3.05) is 6.54 Å². The Morgan fingerprint density at radius 2 is 2.24 bits per heavy atom. The number of benzene rings is 1. The zero-order valence-electron chi connectivity index (χ0n) is 11.9. The molecule has 0 bridgehead atoms. The highest BCUT2D eigenvalue weighted by Gasteiger charge is 2.39. The summed E-state index contributed by atoms with van der Waals surface area (Å²) in [5, 5.41) is 8.64. The molecule has 1 saturated heterocycles. The third kappa shape index (κ3) is 1.96. The van der Waals surface area contributed by atoms with Crippen LogP contribution in [0.3, 0.4) is 0 Å². The fourth-order valence-corrected chi connectivity index (χ4v) is 3.05. The Bertz CT molecular complexity index is 736. The molecule has 0 amide bonds. The first-order valence-electron chi connectivity index (χ1n) is 7.39. The molecule has 21 heavy (non-hydrogen) atoms. The number of furan rings is 1. The highest BCUT2D eigenvalue weighted by Crippen LogP contribution is 2.34. The Kier molecular flexibility index (Phi) is 2.82. The molecule has 0 spiro atoms. The smallest absolute Gasteiger partial charge is 0.247 e. The van der Waals surface area contributed by atoms with Gasteiger partial charge in [0.1, 0.15) is 5.58 Å². The van der Waals surface area contributed by atoms with Crippen LogP contribution >= 0.6 is 0 Å². The molecule has 1 aliphatic heterocycles. The van der Waals surface area contributed by atoms with Gasteiger partial charge in [-0.15, -0.1) is 0 Å². The molecule has 0 saturated carbocycles. The Hall–Kier alpha value is -2.14. The molecule has 1 unspecified atom stereocenters. The lowest BCUT2D eigenvalue weighted by molar-refractivity contribution is 0.250. The number of fused-ring (bicyclic) bond motifs is 1. The Morgan fingerprint density at radius 1 is 1.33 bits per heavy atom. The zero-order valence-corrected chi connectivity index (χ0v) is 11.9. The minimum absolute atomic E-state index is 0.169. The van der Waals surface area contributed by atoms with E-state index >= 15 is 0 Å². The normalized spacial score (nSPS) is 22.1. The van der Waals surface area contributed by atoms with Gasteiger partial charge in [0, 0.05) is 5.39 Å². The van der Waals surface area contributed by atoms with E-state index in [1.165, 1.54) is 0 Å². The molecule has 1 fully saturated rings. The monoisotopic (exact) mass is 283 g/mol. The summed E-state index contributed by atoms with van der Waals surface area (Å²) >= 11 is 0. The van der Waals surface area contributed by atoms with Crippen LogP contribution in [-0.2, 0) is 5.54 Å². The van der Waals surface area contributed by atoms with Crippen molar-refractivity contribution in [1.82, 2.24) is 15.5 Å². The van der Waals surface area contributed by atoms with Gasteiger partial charge < -0.3 is 14.3 Å². The maximum atomic E-state index is 5.79. The predicted octanol–water partition coefficient (Wildman–Crippen LogP) is 3.47. The lowest BCUT2D eigenvalue weighted by atomic mass is 9.94. The number of hydrogen-bond donors (Lipinski definition) is 1. The highest BCUT2D eigenvalue weighted by molar-refractivity contribution is 5.81. The summed E-state index contributed by atoms with van der Waals surface area (Å²) in [7, 11) is 0. The van der Waals surface area contributed by atoms with Gasteiger partial charge in [0.2, 0.25) is 11.7 Å². The average Bonchev–Trinajstić information content (AvgIpc) is 3.24. The maximum Gasteiger partial charge on any atom is 0.247 e. The van der Waals surface area contributed by atoms with Crippen molar-refractivity contribution in [3.63, 3.8) is 0 Å². The molecule has 1 aliphatic rings. The first-order chi connectivity index (χ1) is 10.3. The Morgan fingerprint density at radius 3 is 3.00 bits per heavy atom. The van der Waals surface area contributed by atoms with Crippen LogP contribution in [0.2, 0.25) is 0 Å². The minimum atomic E-state index is -0.169. The van der Waals surface area contributed by atoms with Gasteiger partial charge in [-0.05, 0) is 37.9 Å². The SMILES string of the molecule is CCC1(c2nc(-c3cc4ccccc4o3)no2)CCCN1. The Balaban J connectivity index is 1.73. The molecule has 3 aromatic rings. The quantitative estimate of drug-likeness (QED) is 0.797. The van der Waals surface area contributed by atoms with Crippen molar-refractivity contribution in [3.8, 4) is 11.6 Å². The van der Waals surface area contributed by atoms with Crippen LogP contribution in [0, 0.1) is 0 Å². The second-order valence-corrected chi connectivity index (χ2v) is 5.54. The average molecular weight is 283 g/mol. The van der Waals surface area contributed by atoms with Crippen molar-refractivity contribution in [2.45, 2.75) is 31.7 Å². The zero-order chi connectivity index (χ0) is 14.3. The van der Waals surface area contributed by atoms with Gasteiger partial charge in [0.05, 0.1) is 5.54 Å². The molecule has 5 nitrogen and oxygen atoms in total. The predicted molar refractivity (Wildman–Crippen MR) is 78.7 cm³/mol. The topological polar surface area (TPSA) is 64.1 Å². The summed E-state index contributed by atoms with van der Waals surface area (Å²) in [5.41, 5.74) is 0.667. The van der Waals surface area contributed by atoms with Crippen molar-refractivity contribution < 1.29 is 8.94 Å². The molecule has 1 aromatic carbocycles. The molecule has 0 aliphatic carbocycles. The van der Waals surface area contributed by atoms with E-state index in [-0.39, 0.29) is 5.54 Å². The van der Waals surface area contributed by atoms with Gasteiger partial charge in [-0.1, -0.05) is 30.3 Å². The van der Waals surface area contributed by atoms with Crippen molar-refractivity contribution in [1.29, 1.82) is 0 Å². The van der Waals surface area contributed by atoms with E-state index in [9.17, 15) is 0 Å². The molecule has 5 heteroatoms. The lowest BCUT2D eigenvalue weighted by Crippen LogP contribution is -2.36. The molecule has 3 heterocycles. The molecule has 1 atom stereocenters. The van der Waals surface area contributed by atoms with Gasteiger partial charge in [-0.3, -0.25) is 0 Å². The van der Waals surface area contributed by atoms with E-state index in [1.54, 1.807) is 0 Å². The number of nitrogens with zero attached hydrogens (tertiary/aromatic N) is 2. The van der Waals surface area contributed by atoms with E-state index < -0.39 is 0 Å². The van der Waals surface area contributed by atoms with E-state index in [0.717, 1.165) is 36.8 Å². The van der Waals surface area contributed by atoms with Crippen molar-refractivity contribution >= 4 is 11.0 Å². The van der Waals surface area contributed by atoms with Gasteiger partial charge in [-0.25, -0.2) is 0 Å². The minimum Gasteiger partial charge on any atom is -0.453 e. The van der Waals surface area contributed by atoms with Crippen LogP contribution in [0.4, 0.5) is 0 Å². The lowest BCUT2D eigenvalue weighted by Gasteiger charge is -2.22. The van der Waals surface area contributed by atoms with Crippen molar-refractivity contribution in [3.05, 3.63) is 36.2 Å². The first kappa shape index (κ1) is 12.6. The van der Waals surface area contributed by atoms with Crippen LogP contribution in [0.25, 0.3) is 22.6 Å². The summed E-state index contributed by atoms with van der Waals surface area (Å²) in [5.74, 6) is 1.83. The molecular formula is C16H17N3O2. The maximum absolute atomic E-state index is 5.79. The van der Waals surface area contributed by atoms with Crippen LogP contribution in [0.5, 0.6) is 0 Å². The number of para-hydroxylation sites is 1. The van der Waals surface area contributed by atoms with Gasteiger partial charge in [-0.2, -0.15) is 4.98 Å². The van der Waals surface area contributed by atoms with E-state index in [4.69, 9.17) is 8.94 Å². The molecule has 1 N–H and O–H groups in total. The summed E-state index contributed by atoms with van der Waals surface area (Å²) in [4.78, 5) is 4.57. The fraction of sp³-hybridized carbons (Fsp3) is 0.375. The van der Waals surface area contributed by atoms with Gasteiger partial charge >= 0.3 is 0 Å². The number of nitrogens with one attached hydrogen (secondary N) is 1. The third-order valence-corrected chi connectivity index (χ3v) is 4.33. The van der Waals surface area contributed by atoms with E-state index in [1.807, 2.05) is 30.3 Å². The molecule has 2 aromatic heterocycles. The number of hydrogen-bond acceptors (Lipinski definition) is 5. The van der Waals surface area contributed by atoms with Crippen molar-refractivity contribution in [2.24, 2.45) is 0 Å². The number of rotatable bonds is 3. The second-order valence-electron chi connectivity index (χ2n) is 5.54. The fourth-order valence-electron chi connectivity index (χ4n) is 3.05. The number of aromatic nitrogens is 2. The van der Waals surface area contributed by atoms with Crippen LogP contribution < -0.4 is 5.32 Å². The standard InChI is InChI=1S/C16H17N3O2/c1-2-16(8-5-9-17-16)15-18-14(19-21-15)13-10-11-6-3-4-7-12(11)20-13/h3-4,6-7,10,17H,2,5,8-9H2,1H3. The summed E-state index contributed by atoms with van der Waals surface area (Å²) in [6.07, 6.45) is 3.11. The first-order valence-corrected chi connectivity index (χ1v) is 7.39. The van der Waals surface area contributed by atoms with E-state index in [2.05, 4.69) is 22.4 Å². The van der Waals surface area contributed by atoms with E-state index in [0.29, 0.717) is 17.5 Å². The van der Waals surface area contributed by atoms with Gasteiger partial charge in [0.25, 0.3) is 0 Å². The Labute approximate surface area is 122 Å². The molecule has 0 radical (unpaired) electrons. The largest absolute Gasteiger partial charge is 0.453 e. The summed E-state index contributed by atoms with van der Waals surface area (Å²) in [6, 6.07) is 9.83. The van der Waals surface area contributed by atoms with Crippen LogP contribution in [-0.4, -0.2) is 16.7 Å². The molecular weight excluding hydrogens is 266 g/mol. The van der Waals surface area contributed by atoms with Crippen LogP contribution in [0.15, 0.2) is 39.3 Å². The second kappa shape index (κ2) is 4.70.